The van der Waals surface area contributed by atoms with Crippen molar-refractivity contribution in [1.82, 2.24) is 24.6 Å². The molecule has 0 atom stereocenters. The number of anilines is 1. The van der Waals surface area contributed by atoms with E-state index < -0.39 is 0 Å². The van der Waals surface area contributed by atoms with E-state index in [9.17, 15) is 4.79 Å². The lowest BCUT2D eigenvalue weighted by molar-refractivity contribution is 0.241. The van der Waals surface area contributed by atoms with Crippen molar-refractivity contribution in [1.29, 1.82) is 0 Å². The van der Waals surface area contributed by atoms with Gasteiger partial charge < -0.3 is 10.7 Å². The fraction of sp³-hybridized carbons (Fsp3) is 0.316. The number of aromatic amines is 1. The van der Waals surface area contributed by atoms with Gasteiger partial charge in [0.1, 0.15) is 5.82 Å². The van der Waals surface area contributed by atoms with Crippen LogP contribution in [-0.2, 0) is 26.6 Å². The highest BCUT2D eigenvalue weighted by molar-refractivity contribution is 5.58. The molecule has 7 heteroatoms. The van der Waals surface area contributed by atoms with Crippen molar-refractivity contribution in [3.8, 4) is 11.4 Å². The Hall–Kier alpha value is -2.93. The molecule has 2 aromatic heterocycles. The third-order valence-electron chi connectivity index (χ3n) is 4.84. The van der Waals surface area contributed by atoms with E-state index in [1.54, 1.807) is 0 Å². The minimum atomic E-state index is -0.0607. The molecule has 0 amide bonds. The molecule has 0 bridgehead atoms. The summed E-state index contributed by atoms with van der Waals surface area (Å²) in [6.45, 7) is 4.28. The highest BCUT2D eigenvalue weighted by Gasteiger charge is 2.22. The summed E-state index contributed by atoms with van der Waals surface area (Å²) >= 11 is 0. The standard InChI is InChI=1S/C19H22N6O/c1-12-14(9-24(2)23-12)10-25-8-7-17-16(11-25)19(26)22-18(21-17)13-3-5-15(20)6-4-13/h3-6,9H,7-8,10-11,20H2,1-2H3,(H,21,22,26). The molecular weight excluding hydrogens is 328 g/mol. The number of rotatable bonds is 3. The zero-order valence-electron chi connectivity index (χ0n) is 15.0. The number of nitrogens with zero attached hydrogens (tertiary/aromatic N) is 4. The number of aromatic nitrogens is 4. The molecule has 3 N–H and O–H groups in total. The lowest BCUT2D eigenvalue weighted by Crippen LogP contribution is -2.35. The third kappa shape index (κ3) is 3.13. The van der Waals surface area contributed by atoms with E-state index in [0.717, 1.165) is 42.0 Å². The predicted octanol–water partition coefficient (Wildman–Crippen LogP) is 1.62. The quantitative estimate of drug-likeness (QED) is 0.700. The lowest BCUT2D eigenvalue weighted by atomic mass is 10.1. The van der Waals surface area contributed by atoms with Gasteiger partial charge in [0, 0.05) is 56.1 Å². The molecule has 26 heavy (non-hydrogen) atoms. The molecule has 0 saturated heterocycles. The Kier molecular flexibility index (Phi) is 4.08. The fourth-order valence-corrected chi connectivity index (χ4v) is 3.44. The normalized spacial score (nSPS) is 14.4. The Morgan fingerprint density at radius 1 is 1.27 bits per heavy atom. The zero-order valence-corrected chi connectivity index (χ0v) is 15.0. The van der Waals surface area contributed by atoms with Crippen molar-refractivity contribution in [3.63, 3.8) is 0 Å². The molecule has 3 heterocycles. The average molecular weight is 350 g/mol. The molecule has 4 rings (SSSR count). The summed E-state index contributed by atoms with van der Waals surface area (Å²) in [6.07, 6.45) is 2.80. The fourth-order valence-electron chi connectivity index (χ4n) is 3.44. The zero-order chi connectivity index (χ0) is 18.3. The maximum absolute atomic E-state index is 12.6. The largest absolute Gasteiger partial charge is 0.399 e. The third-order valence-corrected chi connectivity index (χ3v) is 4.84. The number of nitrogens with two attached hydrogens (primary N) is 1. The Morgan fingerprint density at radius 2 is 2.04 bits per heavy atom. The minimum absolute atomic E-state index is 0.0607. The predicted molar refractivity (Wildman–Crippen MR) is 100 cm³/mol. The number of fused-ring (bicyclic) bond motifs is 1. The van der Waals surface area contributed by atoms with Crippen molar-refractivity contribution in [2.45, 2.75) is 26.4 Å². The molecule has 0 radical (unpaired) electrons. The first-order chi connectivity index (χ1) is 12.5. The van der Waals surface area contributed by atoms with E-state index in [-0.39, 0.29) is 5.56 Å². The summed E-state index contributed by atoms with van der Waals surface area (Å²) < 4.78 is 1.83. The summed E-state index contributed by atoms with van der Waals surface area (Å²) in [6, 6.07) is 7.38. The van der Waals surface area contributed by atoms with Gasteiger partial charge in [-0.25, -0.2) is 4.98 Å². The first-order valence-corrected chi connectivity index (χ1v) is 8.69. The average Bonchev–Trinajstić information content (AvgIpc) is 2.93. The van der Waals surface area contributed by atoms with Gasteiger partial charge in [-0.05, 0) is 31.2 Å². The second-order valence-corrected chi connectivity index (χ2v) is 6.84. The van der Waals surface area contributed by atoms with Crippen LogP contribution in [0.4, 0.5) is 5.69 Å². The topological polar surface area (TPSA) is 92.8 Å². The van der Waals surface area contributed by atoms with Crippen molar-refractivity contribution in [3.05, 3.63) is 63.3 Å². The van der Waals surface area contributed by atoms with Crippen LogP contribution in [0.5, 0.6) is 0 Å². The summed E-state index contributed by atoms with van der Waals surface area (Å²) in [4.78, 5) is 22.5. The van der Waals surface area contributed by atoms with Crippen molar-refractivity contribution >= 4 is 5.69 Å². The number of hydrogen-bond acceptors (Lipinski definition) is 5. The molecule has 1 aliphatic rings. The lowest BCUT2D eigenvalue weighted by Gasteiger charge is -2.27. The van der Waals surface area contributed by atoms with E-state index in [1.165, 1.54) is 5.56 Å². The number of hydrogen-bond donors (Lipinski definition) is 2. The minimum Gasteiger partial charge on any atom is -0.399 e. The molecule has 0 saturated carbocycles. The van der Waals surface area contributed by atoms with Crippen molar-refractivity contribution in [2.75, 3.05) is 12.3 Å². The van der Waals surface area contributed by atoms with E-state index in [1.807, 2.05) is 49.1 Å². The van der Waals surface area contributed by atoms with Crippen molar-refractivity contribution < 1.29 is 0 Å². The van der Waals surface area contributed by atoms with Crippen LogP contribution < -0.4 is 11.3 Å². The van der Waals surface area contributed by atoms with Gasteiger partial charge in [-0.2, -0.15) is 5.10 Å². The molecule has 0 spiro atoms. The number of benzene rings is 1. The Morgan fingerprint density at radius 3 is 2.73 bits per heavy atom. The highest BCUT2D eigenvalue weighted by Crippen LogP contribution is 2.21. The number of nitrogen functional groups attached to an aromatic ring is 1. The van der Waals surface area contributed by atoms with Crippen LogP contribution in [0.15, 0.2) is 35.3 Å². The van der Waals surface area contributed by atoms with Gasteiger partial charge in [0.25, 0.3) is 5.56 Å². The Labute approximate surface area is 151 Å². The summed E-state index contributed by atoms with van der Waals surface area (Å²) in [5.41, 5.74) is 11.1. The smallest absolute Gasteiger partial charge is 0.255 e. The number of H-pyrrole nitrogens is 1. The molecule has 1 aromatic carbocycles. The van der Waals surface area contributed by atoms with Gasteiger partial charge in [-0.1, -0.05) is 0 Å². The van der Waals surface area contributed by atoms with Gasteiger partial charge in [0.15, 0.2) is 0 Å². The van der Waals surface area contributed by atoms with E-state index >= 15 is 0 Å². The second-order valence-electron chi connectivity index (χ2n) is 6.84. The second kappa shape index (κ2) is 6.42. The summed E-state index contributed by atoms with van der Waals surface area (Å²) in [5, 5.41) is 4.39. The van der Waals surface area contributed by atoms with Crippen LogP contribution in [-0.4, -0.2) is 31.2 Å². The monoisotopic (exact) mass is 350 g/mol. The van der Waals surface area contributed by atoms with Gasteiger partial charge in [-0.3, -0.25) is 14.4 Å². The van der Waals surface area contributed by atoms with Crippen molar-refractivity contribution in [2.24, 2.45) is 7.05 Å². The van der Waals surface area contributed by atoms with Crippen LogP contribution in [0.3, 0.4) is 0 Å². The van der Waals surface area contributed by atoms with Gasteiger partial charge in [0.2, 0.25) is 0 Å². The SMILES string of the molecule is Cc1nn(C)cc1CN1CCc2nc(-c3ccc(N)cc3)[nH]c(=O)c2C1. The number of aryl methyl sites for hydroxylation is 2. The van der Waals surface area contributed by atoms with E-state index in [0.29, 0.717) is 18.1 Å². The maximum Gasteiger partial charge on any atom is 0.255 e. The van der Waals surface area contributed by atoms with Gasteiger partial charge in [0.05, 0.1) is 17.0 Å². The first-order valence-electron chi connectivity index (χ1n) is 8.69. The molecule has 7 nitrogen and oxygen atoms in total. The molecule has 1 aliphatic heterocycles. The van der Waals surface area contributed by atoms with Crippen LogP contribution >= 0.6 is 0 Å². The highest BCUT2D eigenvalue weighted by atomic mass is 16.1. The van der Waals surface area contributed by atoms with Gasteiger partial charge >= 0.3 is 0 Å². The molecular formula is C19H22N6O. The number of nitrogens with one attached hydrogen (secondary N) is 1. The molecule has 3 aromatic rings. The maximum atomic E-state index is 12.6. The van der Waals surface area contributed by atoms with Gasteiger partial charge in [-0.15, -0.1) is 0 Å². The first kappa shape index (κ1) is 16.5. The van der Waals surface area contributed by atoms with E-state index in [2.05, 4.69) is 15.0 Å². The molecule has 134 valence electrons. The Balaban J connectivity index is 1.59. The van der Waals surface area contributed by atoms with Crippen LogP contribution in [0.1, 0.15) is 22.5 Å². The van der Waals surface area contributed by atoms with Crippen LogP contribution in [0.2, 0.25) is 0 Å². The molecule has 0 unspecified atom stereocenters. The Bertz CT molecular complexity index is 1000. The summed E-state index contributed by atoms with van der Waals surface area (Å²) in [5.74, 6) is 0.602. The summed E-state index contributed by atoms with van der Waals surface area (Å²) in [7, 11) is 1.93. The van der Waals surface area contributed by atoms with E-state index in [4.69, 9.17) is 10.7 Å². The molecule has 0 aliphatic carbocycles. The van der Waals surface area contributed by atoms with Crippen LogP contribution in [0.25, 0.3) is 11.4 Å². The van der Waals surface area contributed by atoms with Crippen LogP contribution in [0, 0.1) is 6.92 Å². The molecule has 0 fully saturated rings.